The fourth-order valence-electron chi connectivity index (χ4n) is 5.33. The topological polar surface area (TPSA) is 413 Å². The second-order valence-corrected chi connectivity index (χ2v) is 17.6. The van der Waals surface area contributed by atoms with Gasteiger partial charge in [0.1, 0.15) is 42.4 Å². The Labute approximate surface area is 310 Å². The van der Waals surface area contributed by atoms with Crippen LogP contribution >= 0.6 is 0 Å². The first-order valence-corrected chi connectivity index (χ1v) is 21.0. The molecule has 1 aliphatic rings. The monoisotopic (exact) mass is 866 g/mol. The molecule has 4 aromatic rings. The van der Waals surface area contributed by atoms with Crippen molar-refractivity contribution < 1.29 is 75.8 Å². The van der Waals surface area contributed by atoms with Crippen LogP contribution in [-0.4, -0.2) is 75.8 Å². The average Bonchev–Trinajstić information content (AvgIpc) is 3.04. The number of hydrogen-bond acceptors (Lipinski definition) is 18. The number of nitrogen functional groups attached to an aromatic ring is 1. The van der Waals surface area contributed by atoms with Gasteiger partial charge < -0.3 is 25.9 Å². The van der Waals surface area contributed by atoms with Crippen molar-refractivity contribution in [3.8, 4) is 11.5 Å². The molecule has 0 heterocycles. The molecule has 1 atom stereocenters. The van der Waals surface area contributed by atoms with E-state index in [1.807, 2.05) is 0 Å². The highest BCUT2D eigenvalue weighted by atomic mass is 32.2. The van der Waals surface area contributed by atoms with Gasteiger partial charge in [-0.1, -0.05) is 0 Å². The number of phenolic OH excluding ortho intramolecular Hbond substituents is 2. The number of benzene rings is 4. The molecule has 294 valence electrons. The van der Waals surface area contributed by atoms with Gasteiger partial charge in [0, 0.05) is 41.1 Å². The van der Waals surface area contributed by atoms with Crippen LogP contribution < -0.4 is 16.6 Å². The van der Waals surface area contributed by atoms with E-state index < -0.39 is 156 Å². The van der Waals surface area contributed by atoms with Gasteiger partial charge >= 0.3 is 0 Å². The summed E-state index contributed by atoms with van der Waals surface area (Å²) >= 11 is -3.04. The first-order valence-electron chi connectivity index (χ1n) is 14.2. The maximum Gasteiger partial charge on any atom is 0.296 e. The minimum absolute atomic E-state index is 0.197. The summed E-state index contributed by atoms with van der Waals surface area (Å²) < 4.78 is 159. The molecule has 0 spiro atoms. The Balaban J connectivity index is 1.76. The summed E-state index contributed by atoms with van der Waals surface area (Å²) in [7, 11) is -21.0. The number of nitrogens with zero attached hydrogens (tertiary/aromatic N) is 3. The van der Waals surface area contributed by atoms with Crippen LogP contribution in [0.2, 0.25) is 0 Å². The van der Waals surface area contributed by atoms with Gasteiger partial charge in [0.15, 0.2) is 16.8 Å². The molecule has 0 aliphatic heterocycles. The fourth-order valence-corrected chi connectivity index (χ4v) is 8.63. The molecule has 5 rings (SSSR count). The van der Waals surface area contributed by atoms with Crippen LogP contribution in [-0.2, 0) is 51.6 Å². The lowest BCUT2D eigenvalue weighted by Gasteiger charge is -2.21. The molecule has 29 heteroatoms. The Hall–Kier alpha value is -5.37. The van der Waals surface area contributed by atoms with Crippen molar-refractivity contribution in [3.63, 3.8) is 0 Å². The minimum atomic E-state index is -5.47. The molecular formula is C26H22N6O18S5. The van der Waals surface area contributed by atoms with Gasteiger partial charge in [0.2, 0.25) is 5.70 Å². The van der Waals surface area contributed by atoms with Gasteiger partial charge in [-0.05, 0) is 30.3 Å². The highest BCUT2D eigenvalue weighted by Crippen LogP contribution is 2.47. The molecule has 0 radical (unpaired) electrons. The second-order valence-electron chi connectivity index (χ2n) is 11.1. The largest absolute Gasteiger partial charge is 0.507 e. The van der Waals surface area contributed by atoms with Gasteiger partial charge in [0.25, 0.3) is 40.5 Å². The molecule has 11 N–H and O–H groups in total. The van der Waals surface area contributed by atoms with Crippen LogP contribution in [0.4, 0.5) is 22.7 Å². The number of azo groups is 1. The van der Waals surface area contributed by atoms with Crippen LogP contribution in [0.15, 0.2) is 88.6 Å². The van der Waals surface area contributed by atoms with Crippen molar-refractivity contribution in [3.05, 3.63) is 68.9 Å². The van der Waals surface area contributed by atoms with Gasteiger partial charge in [0.05, 0.1) is 26.6 Å². The van der Waals surface area contributed by atoms with E-state index in [-0.39, 0.29) is 5.39 Å². The SMILES string of the molecule is Nc1c(N=Nc2ccc3c(O)cc(S(=O)(=O)O)cc3c2S(=O)O)cc(S(=O)(=O)O)c2cc(S(=O)(=O)O)c(NNC3=C(S(=O)(=O)O)C=C([N+](=O)[O-])CC3)c(O)c12. The molecule has 24 nitrogen and oxygen atoms in total. The van der Waals surface area contributed by atoms with E-state index in [0.29, 0.717) is 24.3 Å². The van der Waals surface area contributed by atoms with E-state index in [1.54, 1.807) is 0 Å². The smallest absolute Gasteiger partial charge is 0.296 e. The van der Waals surface area contributed by atoms with Crippen molar-refractivity contribution in [2.75, 3.05) is 11.2 Å². The summed E-state index contributed by atoms with van der Waals surface area (Å²) in [5, 5.41) is 38.0. The Morgan fingerprint density at radius 2 is 1.38 bits per heavy atom. The van der Waals surface area contributed by atoms with Crippen LogP contribution in [0.25, 0.3) is 21.5 Å². The lowest BCUT2D eigenvalue weighted by molar-refractivity contribution is -0.428. The summed E-state index contributed by atoms with van der Waals surface area (Å²) in [6.45, 7) is 0. The summed E-state index contributed by atoms with van der Waals surface area (Å²) in [4.78, 5) is 5.11. The molecule has 0 saturated carbocycles. The van der Waals surface area contributed by atoms with Crippen LogP contribution in [0.5, 0.6) is 11.5 Å². The summed E-state index contributed by atoms with van der Waals surface area (Å²) in [6.07, 6.45) is -0.435. The minimum Gasteiger partial charge on any atom is -0.507 e. The highest BCUT2D eigenvalue weighted by molar-refractivity contribution is 7.90. The van der Waals surface area contributed by atoms with Crippen LogP contribution in [0, 0.1) is 10.1 Å². The lowest BCUT2D eigenvalue weighted by atomic mass is 10.0. The molecule has 0 bridgehead atoms. The van der Waals surface area contributed by atoms with E-state index >= 15 is 0 Å². The third-order valence-electron chi connectivity index (χ3n) is 7.73. The van der Waals surface area contributed by atoms with Gasteiger partial charge in [-0.25, -0.2) is 4.21 Å². The molecule has 4 aromatic carbocycles. The molecule has 0 fully saturated rings. The van der Waals surface area contributed by atoms with Crippen molar-refractivity contribution in [1.82, 2.24) is 5.43 Å². The Morgan fingerprint density at radius 3 is 1.93 bits per heavy atom. The number of allylic oxidation sites excluding steroid dienone is 3. The zero-order valence-electron chi connectivity index (χ0n) is 26.5. The number of nitrogens with two attached hydrogens (primary N) is 1. The number of nitrogens with one attached hydrogen (secondary N) is 2. The first-order chi connectivity index (χ1) is 25.2. The first kappa shape index (κ1) is 40.8. The quantitative estimate of drug-likeness (QED) is 0.0197. The molecular weight excluding hydrogens is 845 g/mol. The number of hydrazine groups is 1. The number of fused-ring (bicyclic) bond motifs is 2. The Kier molecular flexibility index (Phi) is 10.4. The van der Waals surface area contributed by atoms with E-state index in [4.69, 9.17) is 5.73 Å². The van der Waals surface area contributed by atoms with Gasteiger partial charge in [-0.15, -0.1) is 10.2 Å². The number of nitro groups is 1. The lowest BCUT2D eigenvalue weighted by Crippen LogP contribution is -2.27. The zero-order valence-corrected chi connectivity index (χ0v) is 30.6. The molecule has 55 heavy (non-hydrogen) atoms. The van der Waals surface area contributed by atoms with Crippen molar-refractivity contribution in [1.29, 1.82) is 0 Å². The summed E-state index contributed by atoms with van der Waals surface area (Å²) in [5.41, 5.74) is 6.15. The predicted molar refractivity (Wildman–Crippen MR) is 188 cm³/mol. The summed E-state index contributed by atoms with van der Waals surface area (Å²) in [5.74, 6) is -2.07. The molecule has 1 unspecified atom stereocenters. The predicted octanol–water partition coefficient (Wildman–Crippen LogP) is 2.69. The van der Waals surface area contributed by atoms with Crippen molar-refractivity contribution in [2.24, 2.45) is 10.2 Å². The Bertz CT molecular complexity index is 2960. The van der Waals surface area contributed by atoms with E-state index in [2.05, 4.69) is 21.1 Å². The highest BCUT2D eigenvalue weighted by Gasteiger charge is 2.31. The zero-order chi connectivity index (χ0) is 41.2. The second kappa shape index (κ2) is 14.0. The third-order valence-corrected chi connectivity index (χ3v) is 12.0. The maximum absolute atomic E-state index is 12.5. The van der Waals surface area contributed by atoms with Crippen molar-refractivity contribution >= 4 is 95.8 Å². The number of phenols is 2. The van der Waals surface area contributed by atoms with Crippen LogP contribution in [0.1, 0.15) is 12.8 Å². The summed E-state index contributed by atoms with van der Waals surface area (Å²) in [6, 6.07) is 4.38. The molecule has 1 aliphatic carbocycles. The average molecular weight is 867 g/mol. The number of anilines is 2. The van der Waals surface area contributed by atoms with Gasteiger partial charge in [-0.2, -0.15) is 33.7 Å². The fraction of sp³-hybridized carbons (Fsp3) is 0.0769. The van der Waals surface area contributed by atoms with Crippen LogP contribution in [0.3, 0.4) is 0 Å². The number of rotatable bonds is 11. The third kappa shape index (κ3) is 8.05. The molecule has 0 aromatic heterocycles. The molecule has 0 saturated heterocycles. The van der Waals surface area contributed by atoms with Gasteiger partial charge in [-0.3, -0.25) is 33.8 Å². The standard InChI is InChI=1S/C26H22N6O18S5/c27-23-17(30-29-16-4-2-12-13(26(16)51(37)38)6-11(7-18(12)33)52(39,40)41)9-19(53(42,43)44)14-8-21(55(48,49)50)24(25(34)22(14)23)31-28-15-3-1-10(32(35)36)5-20(15)54(45,46)47/h2,4-9,28,31,33-34H,1,3,27H2,(H,37,38)(H,39,40,41)(H,42,43,44)(H,45,46,47)(H,48,49,50). The normalized spacial score (nSPS) is 15.0. The van der Waals surface area contributed by atoms with E-state index in [0.717, 1.165) is 18.2 Å². The maximum atomic E-state index is 12.5. The van der Waals surface area contributed by atoms with E-state index in [9.17, 15) is 81.0 Å². The Morgan fingerprint density at radius 1 is 0.764 bits per heavy atom. The van der Waals surface area contributed by atoms with Crippen molar-refractivity contribution in [2.45, 2.75) is 32.4 Å². The number of aromatic hydroxyl groups is 2. The number of hydrogen-bond donors (Lipinski definition) is 10. The van der Waals surface area contributed by atoms with E-state index in [1.165, 1.54) is 0 Å². The molecule has 0 amide bonds.